The molecule has 0 aliphatic carbocycles. The van der Waals surface area contributed by atoms with E-state index in [0.29, 0.717) is 51.4 Å². The molecule has 1 heterocycles. The first kappa shape index (κ1) is 70.9. The molecule has 1 rings (SSSR count). The van der Waals surface area contributed by atoms with E-state index >= 15 is 0 Å². The van der Waals surface area contributed by atoms with Crippen LogP contribution in [0.25, 0.3) is 0 Å². The van der Waals surface area contributed by atoms with Gasteiger partial charge in [-0.1, -0.05) is 235 Å². The molecule has 77 heavy (non-hydrogen) atoms. The lowest BCUT2D eigenvalue weighted by Gasteiger charge is -2.35. The van der Waals surface area contributed by atoms with E-state index in [1.54, 1.807) is 20.8 Å². The number of hydrogen-bond acceptors (Lipinski definition) is 15. The fraction of sp³-hybridized carbons (Fsp3) is 0.869. The predicted molar refractivity (Wildman–Crippen MR) is 297 cm³/mol. The first-order chi connectivity index (χ1) is 37.2. The molecule has 2 amide bonds. The molecule has 7 atom stereocenters. The van der Waals surface area contributed by atoms with Crippen molar-refractivity contribution in [3.05, 3.63) is 0 Å². The number of carbonyl (C=O) groups is 8. The Balaban J connectivity index is 3.99. The van der Waals surface area contributed by atoms with Crippen molar-refractivity contribution in [3.63, 3.8) is 0 Å². The topological polar surface area (TPSA) is 204 Å². The zero-order valence-electron chi connectivity index (χ0n) is 49.5. The molecule has 446 valence electrons. The van der Waals surface area contributed by atoms with Crippen LogP contribution in [0.15, 0.2) is 0 Å². The van der Waals surface area contributed by atoms with Crippen LogP contribution in [0, 0.1) is 17.8 Å². The first-order valence-corrected chi connectivity index (χ1v) is 30.7. The zero-order chi connectivity index (χ0) is 57.1. The van der Waals surface area contributed by atoms with E-state index in [0.717, 1.165) is 154 Å². The van der Waals surface area contributed by atoms with E-state index in [-0.39, 0.29) is 37.5 Å². The number of nitrogens with zero attached hydrogens (tertiary/aromatic N) is 1. The van der Waals surface area contributed by atoms with E-state index < -0.39 is 89.8 Å². The molecule has 1 aliphatic heterocycles. The molecule has 16 heteroatoms. The van der Waals surface area contributed by atoms with Gasteiger partial charge in [0.15, 0.2) is 12.2 Å². The van der Waals surface area contributed by atoms with E-state index in [9.17, 15) is 38.4 Å². The second kappa shape index (κ2) is 45.7. The van der Waals surface area contributed by atoms with E-state index in [1.807, 2.05) is 0 Å². The maximum atomic E-state index is 14.7. The molecule has 0 aromatic rings. The van der Waals surface area contributed by atoms with E-state index in [4.69, 9.17) is 33.3 Å². The molecule has 1 aliphatic rings. The summed E-state index contributed by atoms with van der Waals surface area (Å²) in [5.74, 6) is -10.4. The lowest BCUT2D eigenvalue weighted by molar-refractivity contribution is -0.225. The Morgan fingerprint density at radius 3 is 1.10 bits per heavy atom. The summed E-state index contributed by atoms with van der Waals surface area (Å²) in [4.78, 5) is 118. The summed E-state index contributed by atoms with van der Waals surface area (Å²) in [6, 6.07) is 0. The third-order valence-corrected chi connectivity index (χ3v) is 14.5. The summed E-state index contributed by atoms with van der Waals surface area (Å²) >= 11 is 0. The minimum absolute atomic E-state index is 0.0702. The molecule has 0 aromatic carbocycles. The average Bonchev–Trinajstić information content (AvgIpc) is 3.73. The molecule has 1 saturated heterocycles. The number of hydroxylamine groups is 2. The van der Waals surface area contributed by atoms with Crippen LogP contribution in [0.3, 0.4) is 0 Å². The molecule has 1 fully saturated rings. The fourth-order valence-corrected chi connectivity index (χ4v) is 9.31. The van der Waals surface area contributed by atoms with Gasteiger partial charge in [-0.3, -0.25) is 28.8 Å². The highest BCUT2D eigenvalue weighted by atomic mass is 16.7. The molecular formula is C61H107NO15. The van der Waals surface area contributed by atoms with Gasteiger partial charge in [0.1, 0.15) is 6.61 Å². The maximum Gasteiger partial charge on any atom is 0.377 e. The van der Waals surface area contributed by atoms with Crippen LogP contribution in [0.1, 0.15) is 280 Å². The maximum absolute atomic E-state index is 14.7. The zero-order valence-corrected chi connectivity index (χ0v) is 49.5. The van der Waals surface area contributed by atoms with Gasteiger partial charge in [0.05, 0.1) is 24.4 Å². The van der Waals surface area contributed by atoms with Crippen molar-refractivity contribution < 1.29 is 71.6 Å². The van der Waals surface area contributed by atoms with Gasteiger partial charge in [0.2, 0.25) is 12.2 Å². The standard InChI is InChI=1S/C61H107NO15/c1-9-13-17-21-25-26-30-34-38-42-52(65)73-53(56(61(70)77-62-50(63)43-44-51(62)64)76-59(68)49(7)41-37-33-29-24-20-16-12-4)54(74-57(66)47(5)39-35-31-27-22-18-14-10-2)55(60(69)72-46-45-71-8)75-58(67)48(6)40-36-32-28-23-19-15-11-3/h47-49,53-56H,9-46H2,1-8H3. The summed E-state index contributed by atoms with van der Waals surface area (Å²) < 4.78 is 35.2. The van der Waals surface area contributed by atoms with Crippen molar-refractivity contribution in [2.75, 3.05) is 20.3 Å². The van der Waals surface area contributed by atoms with Gasteiger partial charge in [-0.15, -0.1) is 5.06 Å². The highest BCUT2D eigenvalue weighted by Crippen LogP contribution is 2.28. The molecule has 16 nitrogen and oxygen atoms in total. The van der Waals surface area contributed by atoms with Crippen molar-refractivity contribution in [1.29, 1.82) is 0 Å². The van der Waals surface area contributed by atoms with Crippen molar-refractivity contribution in [1.82, 2.24) is 5.06 Å². The van der Waals surface area contributed by atoms with Gasteiger partial charge in [-0.25, -0.2) is 9.59 Å². The summed E-state index contributed by atoms with van der Waals surface area (Å²) in [5.41, 5.74) is 0. The Kier molecular flexibility index (Phi) is 42.1. The summed E-state index contributed by atoms with van der Waals surface area (Å²) in [6.07, 6.45) is 20.8. The molecule has 0 N–H and O–H groups in total. The molecule has 0 bridgehead atoms. The number of carbonyl (C=O) groups excluding carboxylic acids is 8. The van der Waals surface area contributed by atoms with Gasteiger partial charge < -0.3 is 33.3 Å². The van der Waals surface area contributed by atoms with Crippen molar-refractivity contribution >= 4 is 47.6 Å². The lowest BCUT2D eigenvalue weighted by atomic mass is 9.98. The van der Waals surface area contributed by atoms with E-state index in [1.165, 1.54) is 13.5 Å². The minimum atomic E-state index is -2.36. The molecule has 0 aromatic heterocycles. The normalized spacial score (nSPS) is 15.2. The fourth-order valence-electron chi connectivity index (χ4n) is 9.31. The van der Waals surface area contributed by atoms with Crippen LogP contribution in [0.5, 0.6) is 0 Å². The lowest BCUT2D eigenvalue weighted by Crippen LogP contribution is -2.58. The van der Waals surface area contributed by atoms with Crippen molar-refractivity contribution in [2.45, 2.75) is 304 Å². The Hall–Kier alpha value is -4.08. The summed E-state index contributed by atoms with van der Waals surface area (Å²) in [5, 5.41) is 0.264. The predicted octanol–water partition coefficient (Wildman–Crippen LogP) is 13.7. The van der Waals surface area contributed by atoms with Gasteiger partial charge in [0, 0.05) is 26.4 Å². The summed E-state index contributed by atoms with van der Waals surface area (Å²) in [6.45, 7) is 13.1. The quantitative estimate of drug-likeness (QED) is 0.0240. The second-order valence-corrected chi connectivity index (χ2v) is 21.7. The smallest absolute Gasteiger partial charge is 0.377 e. The molecule has 0 saturated carbocycles. The van der Waals surface area contributed by atoms with Gasteiger partial charge in [-0.05, 0) is 25.7 Å². The van der Waals surface area contributed by atoms with Gasteiger partial charge >= 0.3 is 35.8 Å². The number of rotatable bonds is 50. The Morgan fingerprint density at radius 2 is 0.727 bits per heavy atom. The van der Waals surface area contributed by atoms with Crippen LogP contribution in [-0.2, 0) is 71.6 Å². The first-order valence-electron chi connectivity index (χ1n) is 30.7. The number of ether oxygens (including phenoxy) is 6. The molecule has 7 unspecified atom stereocenters. The average molecular weight is 1090 g/mol. The number of unbranched alkanes of at least 4 members (excludes halogenated alkanes) is 26. The molecule has 0 radical (unpaired) electrons. The number of hydrogen-bond donors (Lipinski definition) is 0. The third-order valence-electron chi connectivity index (χ3n) is 14.5. The highest BCUT2D eigenvalue weighted by molar-refractivity contribution is 6.02. The van der Waals surface area contributed by atoms with E-state index in [2.05, 4.69) is 27.7 Å². The van der Waals surface area contributed by atoms with Gasteiger partial charge in [-0.2, -0.15) is 0 Å². The highest BCUT2D eigenvalue weighted by Gasteiger charge is 2.53. The third kappa shape index (κ3) is 32.6. The van der Waals surface area contributed by atoms with Crippen molar-refractivity contribution in [3.8, 4) is 0 Å². The monoisotopic (exact) mass is 1090 g/mol. The van der Waals surface area contributed by atoms with Crippen molar-refractivity contribution in [2.24, 2.45) is 17.8 Å². The Bertz CT molecular complexity index is 1620. The SMILES string of the molecule is CCCCCCCCCCCC(=O)OC(C(OC(=O)C(C)CCCCCCCCC)C(=O)ON1C(=O)CCC1=O)C(OC(=O)C(C)CCCCCCCCC)C(OC(=O)C(C)CCCCCCCCC)C(=O)OCCOC. The second-order valence-electron chi connectivity index (χ2n) is 21.7. The van der Waals surface area contributed by atoms with Crippen LogP contribution < -0.4 is 0 Å². The number of imide groups is 1. The largest absolute Gasteiger partial charge is 0.460 e. The van der Waals surface area contributed by atoms with Gasteiger partial charge in [0.25, 0.3) is 11.8 Å². The molecule has 0 spiro atoms. The Morgan fingerprint density at radius 1 is 0.403 bits per heavy atom. The number of esters is 5. The van der Waals surface area contributed by atoms with Crippen LogP contribution >= 0.6 is 0 Å². The molecular weight excluding hydrogens is 987 g/mol. The number of methoxy groups -OCH3 is 1. The van der Waals surface area contributed by atoms with Crippen LogP contribution in [0.4, 0.5) is 0 Å². The Labute approximate surface area is 464 Å². The van der Waals surface area contributed by atoms with Crippen LogP contribution in [-0.4, -0.2) is 97.4 Å². The van der Waals surface area contributed by atoms with Crippen LogP contribution in [0.2, 0.25) is 0 Å². The minimum Gasteiger partial charge on any atom is -0.460 e. The number of amides is 2. The summed E-state index contributed by atoms with van der Waals surface area (Å²) in [7, 11) is 1.39.